The Morgan fingerprint density at radius 1 is 1.18 bits per heavy atom. The van der Waals surface area contributed by atoms with Crippen LogP contribution in [0.5, 0.6) is 0 Å². The topological polar surface area (TPSA) is 69.2 Å². The molecule has 162 valence electrons. The van der Waals surface area contributed by atoms with E-state index in [1.165, 1.54) is 32.1 Å². The number of morpholine rings is 1. The van der Waals surface area contributed by atoms with Crippen molar-refractivity contribution in [1.82, 2.24) is 20.4 Å². The van der Waals surface area contributed by atoms with Gasteiger partial charge in [0.1, 0.15) is 6.54 Å². The lowest BCUT2D eigenvalue weighted by molar-refractivity contribution is -0.127. The highest BCUT2D eigenvalue weighted by Crippen LogP contribution is 2.42. The van der Waals surface area contributed by atoms with Crippen LogP contribution in [-0.4, -0.2) is 88.2 Å². The summed E-state index contributed by atoms with van der Waals surface area (Å²) < 4.78 is 5.41. The van der Waals surface area contributed by atoms with Crippen LogP contribution in [0, 0.1) is 11.3 Å². The first kappa shape index (κ1) is 22.9. The Bertz CT molecular complexity index is 495. The maximum absolute atomic E-state index is 12.0. The predicted molar refractivity (Wildman–Crippen MR) is 115 cm³/mol. The van der Waals surface area contributed by atoms with Crippen molar-refractivity contribution in [2.75, 3.05) is 66.6 Å². The van der Waals surface area contributed by atoms with Crippen molar-refractivity contribution < 1.29 is 9.53 Å². The van der Waals surface area contributed by atoms with Gasteiger partial charge in [-0.3, -0.25) is 9.69 Å². The van der Waals surface area contributed by atoms with Gasteiger partial charge >= 0.3 is 0 Å². The minimum absolute atomic E-state index is 0.0204. The van der Waals surface area contributed by atoms with Crippen LogP contribution >= 0.6 is 0 Å². The quantitative estimate of drug-likeness (QED) is 0.458. The molecule has 2 fully saturated rings. The highest BCUT2D eigenvalue weighted by Gasteiger charge is 2.34. The van der Waals surface area contributed by atoms with E-state index in [1.54, 1.807) is 19.0 Å². The molecule has 0 unspecified atom stereocenters. The van der Waals surface area contributed by atoms with Gasteiger partial charge in [-0.15, -0.1) is 0 Å². The van der Waals surface area contributed by atoms with Crippen molar-refractivity contribution in [3.05, 3.63) is 0 Å². The van der Waals surface area contributed by atoms with Gasteiger partial charge in [0.15, 0.2) is 5.96 Å². The van der Waals surface area contributed by atoms with Gasteiger partial charge in [0.25, 0.3) is 0 Å². The van der Waals surface area contributed by atoms with Crippen molar-refractivity contribution >= 4 is 11.9 Å². The standard InChI is InChI=1S/C21H41N5O2/c1-18(2)15-21(7-5-6-8-21)17-24-20(23-16-19(27)25(3)4)22-9-10-26-11-13-28-14-12-26/h18H,5-17H2,1-4H3,(H2,22,23,24). The third-order valence-electron chi connectivity index (χ3n) is 5.83. The molecule has 0 aromatic heterocycles. The number of carbonyl (C=O) groups is 1. The minimum atomic E-state index is 0.0204. The van der Waals surface area contributed by atoms with Crippen LogP contribution in [0.25, 0.3) is 0 Å². The molecule has 1 heterocycles. The fourth-order valence-electron chi connectivity index (χ4n) is 4.33. The van der Waals surface area contributed by atoms with Crippen LogP contribution in [0.15, 0.2) is 4.99 Å². The lowest BCUT2D eigenvalue weighted by Gasteiger charge is -2.32. The summed E-state index contributed by atoms with van der Waals surface area (Å²) in [4.78, 5) is 20.5. The first-order chi connectivity index (χ1) is 13.4. The largest absolute Gasteiger partial charge is 0.379 e. The highest BCUT2D eigenvalue weighted by molar-refractivity contribution is 5.84. The maximum Gasteiger partial charge on any atom is 0.243 e. The molecule has 0 atom stereocenters. The van der Waals surface area contributed by atoms with E-state index in [2.05, 4.69) is 34.4 Å². The first-order valence-corrected chi connectivity index (χ1v) is 10.9. The SMILES string of the molecule is CC(C)CC1(CNC(=NCC(=O)N(C)C)NCCN2CCOCC2)CCCC1. The van der Waals surface area contributed by atoms with Gasteiger partial charge < -0.3 is 20.3 Å². The van der Waals surface area contributed by atoms with Gasteiger partial charge in [-0.1, -0.05) is 26.7 Å². The summed E-state index contributed by atoms with van der Waals surface area (Å²) in [5.41, 5.74) is 0.367. The van der Waals surface area contributed by atoms with E-state index in [4.69, 9.17) is 4.74 Å². The summed E-state index contributed by atoms with van der Waals surface area (Å²) in [5, 5.41) is 7.01. The zero-order valence-electron chi connectivity index (χ0n) is 18.4. The number of hydrogen-bond acceptors (Lipinski definition) is 4. The number of amides is 1. The Kier molecular flexibility index (Phi) is 9.51. The predicted octanol–water partition coefficient (Wildman–Crippen LogP) is 1.55. The molecule has 0 aromatic carbocycles. The van der Waals surface area contributed by atoms with Crippen molar-refractivity contribution in [1.29, 1.82) is 0 Å². The Morgan fingerprint density at radius 2 is 1.86 bits per heavy atom. The molecule has 2 aliphatic rings. The summed E-state index contributed by atoms with van der Waals surface area (Å²) in [6, 6.07) is 0. The number of carbonyl (C=O) groups excluding carboxylic acids is 1. The van der Waals surface area contributed by atoms with Crippen molar-refractivity contribution in [3.63, 3.8) is 0 Å². The lowest BCUT2D eigenvalue weighted by atomic mass is 9.78. The first-order valence-electron chi connectivity index (χ1n) is 10.9. The fourth-order valence-corrected chi connectivity index (χ4v) is 4.33. The van der Waals surface area contributed by atoms with Gasteiger partial charge in [-0.2, -0.15) is 0 Å². The molecule has 2 rings (SSSR count). The third-order valence-corrected chi connectivity index (χ3v) is 5.83. The van der Waals surface area contributed by atoms with E-state index < -0.39 is 0 Å². The number of nitrogens with one attached hydrogen (secondary N) is 2. The summed E-state index contributed by atoms with van der Waals surface area (Å²) in [7, 11) is 3.54. The van der Waals surface area contributed by atoms with Crippen molar-refractivity contribution in [2.45, 2.75) is 46.0 Å². The van der Waals surface area contributed by atoms with Gasteiger partial charge in [0.2, 0.25) is 5.91 Å². The molecule has 1 amide bonds. The van der Waals surface area contributed by atoms with Crippen LogP contribution in [-0.2, 0) is 9.53 Å². The number of likely N-dealkylation sites (N-methyl/N-ethyl adjacent to an activating group) is 1. The molecule has 2 N–H and O–H groups in total. The highest BCUT2D eigenvalue weighted by atomic mass is 16.5. The summed E-state index contributed by atoms with van der Waals surface area (Å²) >= 11 is 0. The van der Waals surface area contributed by atoms with Gasteiger partial charge in [-0.05, 0) is 30.6 Å². The molecule has 7 nitrogen and oxygen atoms in total. The van der Waals surface area contributed by atoms with Crippen molar-refractivity contribution in [2.24, 2.45) is 16.3 Å². The monoisotopic (exact) mass is 395 g/mol. The van der Waals surface area contributed by atoms with Gasteiger partial charge in [-0.25, -0.2) is 4.99 Å². The van der Waals surface area contributed by atoms with E-state index in [9.17, 15) is 4.79 Å². The normalized spacial score (nSPS) is 20.4. The van der Waals surface area contributed by atoms with Crippen LogP contribution in [0.1, 0.15) is 46.0 Å². The molecule has 0 spiro atoms. The van der Waals surface area contributed by atoms with E-state index in [0.717, 1.165) is 51.9 Å². The molecule has 0 radical (unpaired) electrons. The molecular weight excluding hydrogens is 354 g/mol. The zero-order chi connectivity index (χ0) is 20.4. The van der Waals surface area contributed by atoms with Crippen LogP contribution in [0.4, 0.5) is 0 Å². The van der Waals surface area contributed by atoms with Gasteiger partial charge in [0.05, 0.1) is 13.2 Å². The maximum atomic E-state index is 12.0. The zero-order valence-corrected chi connectivity index (χ0v) is 18.4. The second-order valence-electron chi connectivity index (χ2n) is 8.99. The van der Waals surface area contributed by atoms with Crippen LogP contribution in [0.2, 0.25) is 0 Å². The molecule has 1 aliphatic carbocycles. The van der Waals surface area contributed by atoms with Crippen LogP contribution < -0.4 is 10.6 Å². The lowest BCUT2D eigenvalue weighted by Crippen LogP contribution is -2.47. The molecule has 28 heavy (non-hydrogen) atoms. The molecular formula is C21H41N5O2. The molecule has 1 aliphatic heterocycles. The van der Waals surface area contributed by atoms with Gasteiger partial charge in [0, 0.05) is 46.8 Å². The molecule has 1 saturated heterocycles. The van der Waals surface area contributed by atoms with E-state index in [0.29, 0.717) is 11.3 Å². The number of hydrogen-bond donors (Lipinski definition) is 2. The van der Waals surface area contributed by atoms with E-state index in [1.807, 2.05) is 0 Å². The average Bonchev–Trinajstić information content (AvgIpc) is 3.11. The summed E-state index contributed by atoms with van der Waals surface area (Å²) in [5.74, 6) is 1.48. The fraction of sp³-hybridized carbons (Fsp3) is 0.905. The number of rotatable bonds is 9. The smallest absolute Gasteiger partial charge is 0.243 e. The summed E-state index contributed by atoms with van der Waals surface area (Å²) in [6.07, 6.45) is 6.47. The average molecular weight is 396 g/mol. The molecule has 0 aromatic rings. The second kappa shape index (κ2) is 11.6. The Morgan fingerprint density at radius 3 is 2.46 bits per heavy atom. The molecule has 7 heteroatoms. The molecule has 0 bridgehead atoms. The second-order valence-corrected chi connectivity index (χ2v) is 8.99. The number of aliphatic imine (C=N–C) groups is 1. The minimum Gasteiger partial charge on any atom is -0.379 e. The van der Waals surface area contributed by atoms with E-state index >= 15 is 0 Å². The van der Waals surface area contributed by atoms with Crippen LogP contribution in [0.3, 0.4) is 0 Å². The van der Waals surface area contributed by atoms with Crippen molar-refractivity contribution in [3.8, 4) is 0 Å². The van der Waals surface area contributed by atoms with E-state index in [-0.39, 0.29) is 12.5 Å². The number of ether oxygens (including phenoxy) is 1. The summed E-state index contributed by atoms with van der Waals surface area (Å²) in [6.45, 7) is 11.1. The number of guanidine groups is 1. The number of nitrogens with zero attached hydrogens (tertiary/aromatic N) is 3. The third kappa shape index (κ3) is 7.95. The Hall–Kier alpha value is -1.34. The Balaban J connectivity index is 1.90. The molecule has 1 saturated carbocycles. The Labute approximate surface area is 171 Å².